The molecular weight excluding hydrogens is 270 g/mol. The summed E-state index contributed by atoms with van der Waals surface area (Å²) in [6.07, 6.45) is 3.11. The van der Waals surface area contributed by atoms with Crippen LogP contribution in [0.4, 0.5) is 0 Å². The molecule has 0 aliphatic carbocycles. The topological polar surface area (TPSA) is 29.1 Å². The molecule has 0 radical (unpaired) electrons. The Balaban J connectivity index is 1.66. The quantitative estimate of drug-likeness (QED) is 0.797. The van der Waals surface area contributed by atoms with Gasteiger partial charge in [0.1, 0.15) is 0 Å². The molecule has 0 fully saturated rings. The average Bonchev–Trinajstić information content (AvgIpc) is 2.48. The van der Waals surface area contributed by atoms with E-state index in [1.165, 1.54) is 5.56 Å². The van der Waals surface area contributed by atoms with Crippen molar-refractivity contribution in [2.24, 2.45) is 0 Å². The van der Waals surface area contributed by atoms with Crippen LogP contribution in [0, 0.1) is 0 Å². The molecule has 0 saturated carbocycles. The number of nitrogens with one attached hydrogen (secondary N) is 1. The van der Waals surface area contributed by atoms with Crippen molar-refractivity contribution < 1.29 is 4.79 Å². The van der Waals surface area contributed by atoms with Gasteiger partial charge in [-0.2, -0.15) is 0 Å². The number of hydrogen-bond acceptors (Lipinski definition) is 1. The maximum atomic E-state index is 11.8. The van der Waals surface area contributed by atoms with Gasteiger partial charge in [0.25, 0.3) is 5.91 Å². The van der Waals surface area contributed by atoms with Crippen molar-refractivity contribution in [1.82, 2.24) is 5.32 Å². The van der Waals surface area contributed by atoms with Crippen molar-refractivity contribution in [2.45, 2.75) is 19.3 Å². The van der Waals surface area contributed by atoms with Crippen LogP contribution in [0.15, 0.2) is 54.6 Å². The Morgan fingerprint density at radius 2 is 1.65 bits per heavy atom. The molecule has 0 saturated heterocycles. The molecule has 0 bridgehead atoms. The number of hydrogen-bond donors (Lipinski definition) is 1. The van der Waals surface area contributed by atoms with E-state index in [-0.39, 0.29) is 5.91 Å². The van der Waals surface area contributed by atoms with Crippen LogP contribution in [-0.4, -0.2) is 12.5 Å². The molecule has 2 aromatic rings. The van der Waals surface area contributed by atoms with Crippen LogP contribution in [0.25, 0.3) is 0 Å². The van der Waals surface area contributed by atoms with Crippen LogP contribution in [0.1, 0.15) is 28.8 Å². The highest BCUT2D eigenvalue weighted by molar-refractivity contribution is 6.30. The minimum absolute atomic E-state index is 0.0404. The number of unbranched alkanes of at least 4 members (excludes halogenated alkanes) is 1. The summed E-state index contributed by atoms with van der Waals surface area (Å²) in [7, 11) is 0. The molecule has 2 rings (SSSR count). The first-order valence-corrected chi connectivity index (χ1v) is 7.21. The molecule has 104 valence electrons. The van der Waals surface area contributed by atoms with Crippen LogP contribution in [0.3, 0.4) is 0 Å². The molecule has 0 heterocycles. The van der Waals surface area contributed by atoms with E-state index in [4.69, 9.17) is 11.6 Å². The lowest BCUT2D eigenvalue weighted by Crippen LogP contribution is -2.24. The van der Waals surface area contributed by atoms with Gasteiger partial charge in [0, 0.05) is 17.1 Å². The summed E-state index contributed by atoms with van der Waals surface area (Å²) >= 11 is 5.79. The van der Waals surface area contributed by atoms with E-state index in [9.17, 15) is 4.79 Å². The maximum Gasteiger partial charge on any atom is 0.251 e. The molecule has 1 N–H and O–H groups in total. The number of benzene rings is 2. The summed E-state index contributed by atoms with van der Waals surface area (Å²) in [5.41, 5.74) is 1.99. The minimum atomic E-state index is -0.0404. The summed E-state index contributed by atoms with van der Waals surface area (Å²) in [5, 5.41) is 3.57. The van der Waals surface area contributed by atoms with Gasteiger partial charge in [-0.15, -0.1) is 0 Å². The maximum absolute atomic E-state index is 11.8. The second-order valence-electron chi connectivity index (χ2n) is 4.71. The predicted molar refractivity (Wildman–Crippen MR) is 83.2 cm³/mol. The van der Waals surface area contributed by atoms with Crippen molar-refractivity contribution in [2.75, 3.05) is 6.54 Å². The van der Waals surface area contributed by atoms with Gasteiger partial charge in [-0.1, -0.05) is 41.9 Å². The Morgan fingerprint density at radius 3 is 2.35 bits per heavy atom. The molecule has 0 aromatic heterocycles. The van der Waals surface area contributed by atoms with Gasteiger partial charge in [0.15, 0.2) is 0 Å². The smallest absolute Gasteiger partial charge is 0.251 e. The van der Waals surface area contributed by atoms with Crippen molar-refractivity contribution in [3.63, 3.8) is 0 Å². The Morgan fingerprint density at radius 1 is 0.950 bits per heavy atom. The van der Waals surface area contributed by atoms with Crippen LogP contribution in [-0.2, 0) is 6.42 Å². The third kappa shape index (κ3) is 4.71. The fraction of sp³-hybridized carbons (Fsp3) is 0.235. The second-order valence-corrected chi connectivity index (χ2v) is 5.14. The van der Waals surface area contributed by atoms with Crippen molar-refractivity contribution >= 4 is 17.5 Å². The minimum Gasteiger partial charge on any atom is -0.352 e. The highest BCUT2D eigenvalue weighted by Gasteiger charge is 2.03. The normalized spacial score (nSPS) is 10.2. The zero-order chi connectivity index (χ0) is 14.2. The fourth-order valence-corrected chi connectivity index (χ4v) is 2.13. The lowest BCUT2D eigenvalue weighted by Gasteiger charge is -2.05. The van der Waals surface area contributed by atoms with Gasteiger partial charge in [0.2, 0.25) is 0 Å². The van der Waals surface area contributed by atoms with Crippen molar-refractivity contribution in [1.29, 1.82) is 0 Å². The molecule has 2 aromatic carbocycles. The first kappa shape index (κ1) is 14.6. The highest BCUT2D eigenvalue weighted by Crippen LogP contribution is 2.09. The highest BCUT2D eigenvalue weighted by atomic mass is 35.5. The van der Waals surface area contributed by atoms with Gasteiger partial charge in [-0.05, 0) is 49.1 Å². The standard InChI is InChI=1S/C17H18ClNO/c18-16-11-9-15(10-12-16)17(20)19-13-5-4-8-14-6-2-1-3-7-14/h1-3,6-7,9-12H,4-5,8,13H2,(H,19,20). The predicted octanol–water partition coefficient (Wildman–Crippen LogP) is 4.09. The van der Waals surface area contributed by atoms with Gasteiger partial charge < -0.3 is 5.32 Å². The first-order chi connectivity index (χ1) is 9.75. The van der Waals surface area contributed by atoms with Gasteiger partial charge >= 0.3 is 0 Å². The van der Waals surface area contributed by atoms with E-state index in [1.54, 1.807) is 24.3 Å². The molecule has 20 heavy (non-hydrogen) atoms. The summed E-state index contributed by atoms with van der Waals surface area (Å²) in [5.74, 6) is -0.0404. The summed E-state index contributed by atoms with van der Waals surface area (Å²) in [6, 6.07) is 17.3. The Labute approximate surface area is 124 Å². The zero-order valence-electron chi connectivity index (χ0n) is 11.3. The molecule has 0 spiro atoms. The first-order valence-electron chi connectivity index (χ1n) is 6.83. The van der Waals surface area contributed by atoms with E-state index in [0.29, 0.717) is 17.1 Å². The van der Waals surface area contributed by atoms with E-state index in [2.05, 4.69) is 29.6 Å². The van der Waals surface area contributed by atoms with Crippen molar-refractivity contribution in [3.05, 3.63) is 70.7 Å². The number of carbonyl (C=O) groups excluding carboxylic acids is 1. The van der Waals surface area contributed by atoms with E-state index >= 15 is 0 Å². The fourth-order valence-electron chi connectivity index (χ4n) is 2.00. The van der Waals surface area contributed by atoms with Crippen LogP contribution in [0.5, 0.6) is 0 Å². The number of aryl methyl sites for hydroxylation is 1. The lowest BCUT2D eigenvalue weighted by atomic mass is 10.1. The monoisotopic (exact) mass is 287 g/mol. The zero-order valence-corrected chi connectivity index (χ0v) is 12.1. The number of amides is 1. The SMILES string of the molecule is O=C(NCCCCc1ccccc1)c1ccc(Cl)cc1. The molecular formula is C17H18ClNO. The van der Waals surface area contributed by atoms with E-state index < -0.39 is 0 Å². The van der Waals surface area contributed by atoms with Gasteiger partial charge in [-0.25, -0.2) is 0 Å². The summed E-state index contributed by atoms with van der Waals surface area (Å²) in [6.45, 7) is 0.703. The molecule has 0 aliphatic heterocycles. The van der Waals surface area contributed by atoms with Crippen molar-refractivity contribution in [3.8, 4) is 0 Å². The lowest BCUT2D eigenvalue weighted by molar-refractivity contribution is 0.0953. The van der Waals surface area contributed by atoms with Crippen LogP contribution >= 0.6 is 11.6 Å². The molecule has 0 aliphatic rings. The summed E-state index contributed by atoms with van der Waals surface area (Å²) in [4.78, 5) is 11.8. The molecule has 2 nitrogen and oxygen atoms in total. The number of carbonyl (C=O) groups is 1. The largest absolute Gasteiger partial charge is 0.352 e. The van der Waals surface area contributed by atoms with Gasteiger partial charge in [0.05, 0.1) is 0 Å². The molecule has 3 heteroatoms. The third-order valence-electron chi connectivity index (χ3n) is 3.13. The number of halogens is 1. The van der Waals surface area contributed by atoms with E-state index in [1.807, 2.05) is 6.07 Å². The number of rotatable bonds is 6. The molecule has 1 amide bonds. The Kier molecular flexibility index (Phi) is 5.63. The Hall–Kier alpha value is -1.80. The van der Waals surface area contributed by atoms with E-state index in [0.717, 1.165) is 19.3 Å². The average molecular weight is 288 g/mol. The van der Waals surface area contributed by atoms with Gasteiger partial charge in [-0.3, -0.25) is 4.79 Å². The van der Waals surface area contributed by atoms with Crippen LogP contribution < -0.4 is 5.32 Å². The molecule has 0 atom stereocenters. The Bertz CT molecular complexity index is 537. The molecule has 0 unspecified atom stereocenters. The summed E-state index contributed by atoms with van der Waals surface area (Å²) < 4.78 is 0. The van der Waals surface area contributed by atoms with Crippen LogP contribution in [0.2, 0.25) is 5.02 Å². The third-order valence-corrected chi connectivity index (χ3v) is 3.38. The second kappa shape index (κ2) is 7.71.